The largest absolute Gasteiger partial charge is 0.351 e. The second kappa shape index (κ2) is 6.59. The van der Waals surface area contributed by atoms with E-state index in [0.29, 0.717) is 6.54 Å². The number of nitrogens with zero attached hydrogens (tertiary/aromatic N) is 2. The van der Waals surface area contributed by atoms with E-state index in [1.165, 1.54) is 12.8 Å². The Labute approximate surface area is 168 Å². The molecule has 2 aliphatic carbocycles. The molecule has 2 saturated carbocycles. The van der Waals surface area contributed by atoms with Gasteiger partial charge >= 0.3 is 0 Å². The Morgan fingerprint density at radius 2 is 2.07 bits per heavy atom. The van der Waals surface area contributed by atoms with Crippen LogP contribution in [0.4, 0.5) is 0 Å². The van der Waals surface area contributed by atoms with E-state index in [9.17, 15) is 9.59 Å². The van der Waals surface area contributed by atoms with Gasteiger partial charge in [0.1, 0.15) is 0 Å². The number of amides is 2. The summed E-state index contributed by atoms with van der Waals surface area (Å²) in [6, 6.07) is 6.89. The summed E-state index contributed by atoms with van der Waals surface area (Å²) in [5, 5.41) is 3.20. The summed E-state index contributed by atoms with van der Waals surface area (Å²) >= 11 is 3.53. The minimum absolute atomic E-state index is 0.00609. The first-order chi connectivity index (χ1) is 13.0. The Balaban J connectivity index is 1.25. The van der Waals surface area contributed by atoms with Crippen molar-refractivity contribution in [1.29, 1.82) is 0 Å². The molecule has 1 spiro atoms. The number of rotatable bonds is 4. The van der Waals surface area contributed by atoms with Crippen molar-refractivity contribution >= 4 is 27.7 Å². The van der Waals surface area contributed by atoms with E-state index in [1.54, 1.807) is 4.90 Å². The fraction of sp³-hybridized carbons (Fsp3) is 0.619. The predicted octanol–water partition coefficient (Wildman–Crippen LogP) is 2.68. The summed E-state index contributed by atoms with van der Waals surface area (Å²) in [6.45, 7) is 2.97. The van der Waals surface area contributed by atoms with Gasteiger partial charge in [0.05, 0.1) is 6.54 Å². The average Bonchev–Trinajstić information content (AvgIpc) is 3.55. The van der Waals surface area contributed by atoms with Crippen LogP contribution >= 0.6 is 15.9 Å². The molecule has 0 bridgehead atoms. The summed E-state index contributed by atoms with van der Waals surface area (Å²) in [5.41, 5.74) is 2.00. The second-order valence-electron chi connectivity index (χ2n) is 8.76. The summed E-state index contributed by atoms with van der Waals surface area (Å²) < 4.78 is 1.02. The highest BCUT2D eigenvalue weighted by Crippen LogP contribution is 2.52. The van der Waals surface area contributed by atoms with Gasteiger partial charge in [-0.1, -0.05) is 15.9 Å². The molecular weight excluding hydrogens is 406 g/mol. The van der Waals surface area contributed by atoms with Gasteiger partial charge in [0.2, 0.25) is 5.91 Å². The zero-order valence-corrected chi connectivity index (χ0v) is 17.1. The third-order valence-corrected chi connectivity index (χ3v) is 7.13. The van der Waals surface area contributed by atoms with E-state index in [0.717, 1.165) is 60.4 Å². The summed E-state index contributed by atoms with van der Waals surface area (Å²) in [6.07, 6.45) is 7.00. The molecule has 0 aromatic heterocycles. The Morgan fingerprint density at radius 1 is 1.26 bits per heavy atom. The quantitative estimate of drug-likeness (QED) is 0.796. The van der Waals surface area contributed by atoms with E-state index >= 15 is 0 Å². The molecule has 0 radical (unpaired) electrons. The lowest BCUT2D eigenvalue weighted by molar-refractivity contribution is -0.123. The highest BCUT2D eigenvalue weighted by Gasteiger charge is 2.51. The maximum Gasteiger partial charge on any atom is 0.254 e. The third kappa shape index (κ3) is 3.42. The van der Waals surface area contributed by atoms with Crippen LogP contribution in [0.3, 0.4) is 0 Å². The number of nitrogens with one attached hydrogen (secondary N) is 1. The zero-order valence-electron chi connectivity index (χ0n) is 15.5. The van der Waals surface area contributed by atoms with Crippen LogP contribution in [0, 0.1) is 0 Å². The molecule has 144 valence electrons. The molecule has 2 heterocycles. The van der Waals surface area contributed by atoms with E-state index in [2.05, 4.69) is 32.2 Å². The maximum absolute atomic E-state index is 12.9. The smallest absolute Gasteiger partial charge is 0.254 e. The topological polar surface area (TPSA) is 52.7 Å². The number of carbonyl (C=O) groups excluding carboxylic acids is 2. The van der Waals surface area contributed by atoms with Crippen LogP contribution in [0.1, 0.15) is 54.4 Å². The van der Waals surface area contributed by atoms with Gasteiger partial charge in [-0.3, -0.25) is 14.5 Å². The molecule has 1 aromatic carbocycles. The molecule has 4 aliphatic rings. The molecule has 5 nitrogen and oxygen atoms in total. The molecule has 6 heteroatoms. The zero-order chi connectivity index (χ0) is 18.6. The van der Waals surface area contributed by atoms with Crippen molar-refractivity contribution in [3.05, 3.63) is 33.8 Å². The molecule has 2 aliphatic heterocycles. The van der Waals surface area contributed by atoms with E-state index in [4.69, 9.17) is 0 Å². The lowest BCUT2D eigenvalue weighted by Crippen LogP contribution is -2.52. The van der Waals surface area contributed by atoms with Crippen molar-refractivity contribution < 1.29 is 9.59 Å². The van der Waals surface area contributed by atoms with E-state index < -0.39 is 0 Å². The van der Waals surface area contributed by atoms with Crippen LogP contribution in [-0.2, 0) is 10.2 Å². The predicted molar refractivity (Wildman–Crippen MR) is 107 cm³/mol. The van der Waals surface area contributed by atoms with Crippen LogP contribution in [-0.4, -0.2) is 59.9 Å². The van der Waals surface area contributed by atoms with Crippen molar-refractivity contribution in [2.45, 2.75) is 56.0 Å². The summed E-state index contributed by atoms with van der Waals surface area (Å²) in [7, 11) is 0. The van der Waals surface area contributed by atoms with Crippen molar-refractivity contribution in [2.75, 3.05) is 26.2 Å². The Hall–Kier alpha value is -1.40. The van der Waals surface area contributed by atoms with Gasteiger partial charge in [-0.15, -0.1) is 0 Å². The highest BCUT2D eigenvalue weighted by atomic mass is 79.9. The molecule has 2 amide bonds. The number of carbonyl (C=O) groups is 2. The second-order valence-corrected chi connectivity index (χ2v) is 9.68. The van der Waals surface area contributed by atoms with Gasteiger partial charge in [0.15, 0.2) is 0 Å². The van der Waals surface area contributed by atoms with Gasteiger partial charge in [-0.25, -0.2) is 0 Å². The van der Waals surface area contributed by atoms with Crippen LogP contribution in [0.5, 0.6) is 0 Å². The number of hydrogen-bond acceptors (Lipinski definition) is 3. The monoisotopic (exact) mass is 431 g/mol. The molecule has 0 unspecified atom stereocenters. The van der Waals surface area contributed by atoms with Crippen molar-refractivity contribution in [3.8, 4) is 0 Å². The van der Waals surface area contributed by atoms with Crippen LogP contribution in [0.25, 0.3) is 0 Å². The summed E-state index contributed by atoms with van der Waals surface area (Å²) in [4.78, 5) is 29.9. The highest BCUT2D eigenvalue weighted by molar-refractivity contribution is 9.10. The first-order valence-corrected chi connectivity index (χ1v) is 11.0. The Kier molecular flexibility index (Phi) is 4.32. The van der Waals surface area contributed by atoms with Gasteiger partial charge < -0.3 is 10.2 Å². The minimum Gasteiger partial charge on any atom is -0.351 e. The standard InChI is InChI=1S/C21H26BrN3O2/c22-14-3-6-17-18(10-14)21(7-8-21)13-25(20(17)27)12-19(26)23-15-2-1-9-24(11-15)16-4-5-16/h3,6,10,15-16H,1-2,4-5,7-9,11-13H2,(H,23,26)/t15-/m1/s1. The number of piperidine rings is 1. The fourth-order valence-corrected chi connectivity index (χ4v) is 5.24. The van der Waals surface area contributed by atoms with E-state index in [1.807, 2.05) is 12.1 Å². The number of benzene rings is 1. The lowest BCUT2D eigenvalue weighted by atomic mass is 9.86. The number of hydrogen-bond donors (Lipinski definition) is 1. The maximum atomic E-state index is 12.9. The minimum atomic E-state index is -0.0117. The fourth-order valence-electron chi connectivity index (χ4n) is 4.88. The first kappa shape index (κ1) is 17.7. The Morgan fingerprint density at radius 3 is 2.81 bits per heavy atom. The first-order valence-electron chi connectivity index (χ1n) is 10.2. The molecular formula is C21H26BrN3O2. The number of fused-ring (bicyclic) bond motifs is 2. The van der Waals surface area contributed by atoms with Crippen LogP contribution in [0.2, 0.25) is 0 Å². The van der Waals surface area contributed by atoms with Crippen molar-refractivity contribution in [1.82, 2.24) is 15.1 Å². The Bertz CT molecular complexity index is 788. The number of likely N-dealkylation sites (tertiary alicyclic amines) is 1. The molecule has 1 aromatic rings. The van der Waals surface area contributed by atoms with Crippen LogP contribution in [0.15, 0.2) is 22.7 Å². The molecule has 1 saturated heterocycles. The third-order valence-electron chi connectivity index (χ3n) is 6.63. The van der Waals surface area contributed by atoms with Crippen molar-refractivity contribution in [3.63, 3.8) is 0 Å². The van der Waals surface area contributed by atoms with E-state index in [-0.39, 0.29) is 29.8 Å². The molecule has 27 heavy (non-hydrogen) atoms. The molecule has 1 N–H and O–H groups in total. The van der Waals surface area contributed by atoms with Crippen molar-refractivity contribution in [2.24, 2.45) is 0 Å². The SMILES string of the molecule is O=C(CN1CC2(CC2)c2cc(Br)ccc2C1=O)N[C@@H]1CCCN(C2CC2)C1. The van der Waals surface area contributed by atoms with Gasteiger partial charge in [0, 0.05) is 40.6 Å². The summed E-state index contributed by atoms with van der Waals surface area (Å²) in [5.74, 6) is -0.0178. The molecule has 1 atom stereocenters. The van der Waals surface area contributed by atoms with Gasteiger partial charge in [-0.05, 0) is 68.8 Å². The van der Waals surface area contributed by atoms with Gasteiger partial charge in [0.25, 0.3) is 5.91 Å². The normalized spacial score (nSPS) is 26.8. The molecule has 5 rings (SSSR count). The average molecular weight is 432 g/mol. The number of halogens is 1. The van der Waals surface area contributed by atoms with Gasteiger partial charge in [-0.2, -0.15) is 0 Å². The molecule has 3 fully saturated rings. The lowest BCUT2D eigenvalue weighted by Gasteiger charge is -2.36. The van der Waals surface area contributed by atoms with Crippen LogP contribution < -0.4 is 5.32 Å².